The molecule has 174 valence electrons. The van der Waals surface area contributed by atoms with Crippen LogP contribution in [0, 0.1) is 26.7 Å². The van der Waals surface area contributed by atoms with E-state index in [1.807, 2.05) is 32.0 Å². The standard InChI is InChI=1S/C23H24N8O3/c1-12-5-6-16(7-13(12)2)30-11-15(9-19(30)32)21(33)25-18-8-14(3)28-31(18)23-26-20-17(22(34)27-23)10-24-29(20)4/h5-8,10,15H,9,11H2,1-4H3,(H,25,33)(H,26,27,34). The molecule has 11 heteroatoms. The third kappa shape index (κ3) is 3.64. The third-order valence-electron chi connectivity index (χ3n) is 6.17. The van der Waals surface area contributed by atoms with Gasteiger partial charge in [-0.15, -0.1) is 0 Å². The average Bonchev–Trinajstić information content (AvgIpc) is 3.47. The predicted molar refractivity (Wildman–Crippen MR) is 126 cm³/mol. The van der Waals surface area contributed by atoms with Gasteiger partial charge >= 0.3 is 0 Å². The maximum absolute atomic E-state index is 13.1. The van der Waals surface area contributed by atoms with Crippen LogP contribution in [0.4, 0.5) is 11.5 Å². The number of hydrogen-bond donors (Lipinski definition) is 2. The van der Waals surface area contributed by atoms with Gasteiger partial charge in [-0.2, -0.15) is 19.9 Å². The smallest absolute Gasteiger partial charge is 0.263 e. The van der Waals surface area contributed by atoms with E-state index in [0.717, 1.165) is 16.8 Å². The molecule has 3 aromatic heterocycles. The molecule has 1 aliphatic rings. The van der Waals surface area contributed by atoms with Crippen molar-refractivity contribution < 1.29 is 9.59 Å². The van der Waals surface area contributed by atoms with Gasteiger partial charge in [0.1, 0.15) is 11.2 Å². The summed E-state index contributed by atoms with van der Waals surface area (Å²) in [5.41, 5.74) is 3.69. The number of benzene rings is 1. The van der Waals surface area contributed by atoms with E-state index in [-0.39, 0.29) is 36.3 Å². The van der Waals surface area contributed by atoms with Gasteiger partial charge in [-0.3, -0.25) is 24.0 Å². The van der Waals surface area contributed by atoms with Gasteiger partial charge in [-0.1, -0.05) is 6.07 Å². The molecule has 1 aliphatic heterocycles. The maximum atomic E-state index is 13.1. The topological polar surface area (TPSA) is 131 Å². The molecule has 0 spiro atoms. The SMILES string of the molecule is Cc1cc(NC(=O)C2CC(=O)N(c3ccc(C)c(C)c3)C2)n(-c2nc3c(cnn3C)c(=O)[nH]2)n1. The molecule has 4 aromatic rings. The lowest BCUT2D eigenvalue weighted by Crippen LogP contribution is -2.29. The molecule has 34 heavy (non-hydrogen) atoms. The van der Waals surface area contributed by atoms with Crippen LogP contribution in [0.15, 0.2) is 35.3 Å². The zero-order valence-electron chi connectivity index (χ0n) is 19.3. The lowest BCUT2D eigenvalue weighted by molar-refractivity contribution is -0.122. The van der Waals surface area contributed by atoms with Gasteiger partial charge in [0.25, 0.3) is 5.56 Å². The van der Waals surface area contributed by atoms with Gasteiger partial charge in [0.15, 0.2) is 5.65 Å². The fourth-order valence-electron chi connectivity index (χ4n) is 4.13. The normalized spacial score (nSPS) is 15.9. The first-order valence-corrected chi connectivity index (χ1v) is 10.9. The zero-order valence-corrected chi connectivity index (χ0v) is 19.3. The number of nitrogens with one attached hydrogen (secondary N) is 2. The van der Waals surface area contributed by atoms with E-state index in [9.17, 15) is 14.4 Å². The van der Waals surface area contributed by atoms with E-state index >= 15 is 0 Å². The molecule has 0 saturated carbocycles. The molecular formula is C23H24N8O3. The molecule has 2 amide bonds. The van der Waals surface area contributed by atoms with Crippen LogP contribution >= 0.6 is 0 Å². The van der Waals surface area contributed by atoms with Crippen LogP contribution in [-0.4, -0.2) is 47.9 Å². The predicted octanol–water partition coefficient (Wildman–Crippen LogP) is 1.76. The Labute approximate surface area is 194 Å². The molecule has 1 fully saturated rings. The molecule has 1 atom stereocenters. The minimum Gasteiger partial charge on any atom is -0.312 e. The highest BCUT2D eigenvalue weighted by Gasteiger charge is 2.35. The Balaban J connectivity index is 1.40. The molecule has 2 N–H and O–H groups in total. The molecule has 1 unspecified atom stereocenters. The summed E-state index contributed by atoms with van der Waals surface area (Å²) < 4.78 is 2.87. The van der Waals surface area contributed by atoms with Crippen LogP contribution in [0.1, 0.15) is 23.2 Å². The van der Waals surface area contributed by atoms with E-state index in [2.05, 4.69) is 25.5 Å². The first-order chi connectivity index (χ1) is 16.2. The number of rotatable bonds is 4. The van der Waals surface area contributed by atoms with Crippen molar-refractivity contribution in [3.05, 3.63) is 57.6 Å². The quantitative estimate of drug-likeness (QED) is 0.477. The third-order valence-corrected chi connectivity index (χ3v) is 6.17. The van der Waals surface area contributed by atoms with Gasteiger partial charge in [-0.05, 0) is 44.0 Å². The molecule has 11 nitrogen and oxygen atoms in total. The molecule has 0 bridgehead atoms. The van der Waals surface area contributed by atoms with Gasteiger partial charge < -0.3 is 10.2 Å². The summed E-state index contributed by atoms with van der Waals surface area (Å²) >= 11 is 0. The summed E-state index contributed by atoms with van der Waals surface area (Å²) in [6, 6.07) is 7.51. The Bertz CT molecular complexity index is 1510. The summed E-state index contributed by atoms with van der Waals surface area (Å²) in [6.07, 6.45) is 1.56. The number of fused-ring (bicyclic) bond motifs is 1. The summed E-state index contributed by atoms with van der Waals surface area (Å²) in [6.45, 7) is 6.07. The Hall–Kier alpha value is -4.28. The van der Waals surface area contributed by atoms with Crippen LogP contribution in [0.3, 0.4) is 0 Å². The highest BCUT2D eigenvalue weighted by Crippen LogP contribution is 2.28. The van der Waals surface area contributed by atoms with E-state index in [4.69, 9.17) is 0 Å². The largest absolute Gasteiger partial charge is 0.312 e. The van der Waals surface area contributed by atoms with Crippen molar-refractivity contribution in [3.63, 3.8) is 0 Å². The molecule has 0 radical (unpaired) electrons. The summed E-state index contributed by atoms with van der Waals surface area (Å²) in [7, 11) is 1.69. The number of aryl methyl sites for hydroxylation is 4. The van der Waals surface area contributed by atoms with Crippen molar-refractivity contribution in [2.45, 2.75) is 27.2 Å². The minimum absolute atomic E-state index is 0.0965. The Morgan fingerprint density at radius 3 is 2.71 bits per heavy atom. The lowest BCUT2D eigenvalue weighted by atomic mass is 10.1. The minimum atomic E-state index is -0.524. The van der Waals surface area contributed by atoms with Crippen LogP contribution in [0.5, 0.6) is 0 Å². The summed E-state index contributed by atoms with van der Waals surface area (Å²) in [4.78, 5) is 47.0. The van der Waals surface area contributed by atoms with Gasteiger partial charge in [0.2, 0.25) is 17.8 Å². The first-order valence-electron chi connectivity index (χ1n) is 10.9. The van der Waals surface area contributed by atoms with Crippen LogP contribution in [0.2, 0.25) is 0 Å². The number of aromatic amines is 1. The second kappa shape index (κ2) is 7.94. The number of hydrogen-bond acceptors (Lipinski definition) is 6. The van der Waals surface area contributed by atoms with Gasteiger partial charge in [0, 0.05) is 31.8 Å². The Morgan fingerprint density at radius 1 is 1.15 bits per heavy atom. The number of anilines is 2. The molecule has 4 heterocycles. The number of amides is 2. The van der Waals surface area contributed by atoms with Crippen molar-refractivity contribution in [2.24, 2.45) is 13.0 Å². The molecule has 5 rings (SSSR count). The second-order valence-corrected chi connectivity index (χ2v) is 8.64. The Morgan fingerprint density at radius 2 is 1.94 bits per heavy atom. The van der Waals surface area contributed by atoms with Crippen molar-refractivity contribution >= 4 is 34.4 Å². The van der Waals surface area contributed by atoms with Crippen LogP contribution in [0.25, 0.3) is 17.0 Å². The zero-order chi connectivity index (χ0) is 24.1. The van der Waals surface area contributed by atoms with E-state index in [0.29, 0.717) is 22.5 Å². The van der Waals surface area contributed by atoms with Crippen LogP contribution in [-0.2, 0) is 16.6 Å². The Kier molecular flexibility index (Phi) is 5.03. The maximum Gasteiger partial charge on any atom is 0.263 e. The van der Waals surface area contributed by atoms with Crippen LogP contribution < -0.4 is 15.8 Å². The molecule has 0 aliphatic carbocycles. The number of H-pyrrole nitrogens is 1. The monoisotopic (exact) mass is 460 g/mol. The van der Waals surface area contributed by atoms with Gasteiger partial charge in [0.05, 0.1) is 17.8 Å². The summed E-state index contributed by atoms with van der Waals surface area (Å²) in [5, 5.41) is 11.7. The molecule has 1 saturated heterocycles. The number of aromatic nitrogens is 6. The van der Waals surface area contributed by atoms with E-state index in [1.165, 1.54) is 15.6 Å². The first kappa shape index (κ1) is 21.6. The highest BCUT2D eigenvalue weighted by molar-refractivity contribution is 6.03. The van der Waals surface area contributed by atoms with Crippen molar-refractivity contribution in [3.8, 4) is 5.95 Å². The fourth-order valence-corrected chi connectivity index (χ4v) is 4.13. The lowest BCUT2D eigenvalue weighted by Gasteiger charge is -2.18. The average molecular weight is 460 g/mol. The molecular weight excluding hydrogens is 436 g/mol. The number of nitrogens with zero attached hydrogens (tertiary/aromatic N) is 6. The number of carbonyl (C=O) groups excluding carboxylic acids is 2. The number of carbonyl (C=O) groups is 2. The fraction of sp³-hybridized carbons (Fsp3) is 0.304. The molecule has 1 aromatic carbocycles. The summed E-state index contributed by atoms with van der Waals surface area (Å²) in [5.74, 6) is -0.414. The van der Waals surface area contributed by atoms with E-state index in [1.54, 1.807) is 24.9 Å². The van der Waals surface area contributed by atoms with Gasteiger partial charge in [-0.25, -0.2) is 0 Å². The van der Waals surface area contributed by atoms with Crippen molar-refractivity contribution in [1.82, 2.24) is 29.5 Å². The van der Waals surface area contributed by atoms with Crippen molar-refractivity contribution in [1.29, 1.82) is 0 Å². The second-order valence-electron chi connectivity index (χ2n) is 8.64. The highest BCUT2D eigenvalue weighted by atomic mass is 16.2. The van der Waals surface area contributed by atoms with E-state index < -0.39 is 5.92 Å². The van der Waals surface area contributed by atoms with Crippen molar-refractivity contribution in [2.75, 3.05) is 16.8 Å².